The third kappa shape index (κ3) is 5.17. The van der Waals surface area contributed by atoms with Crippen LogP contribution in [0, 0.1) is 0 Å². The number of ether oxygens (including phenoxy) is 2. The second-order valence-electron chi connectivity index (χ2n) is 4.26. The summed E-state index contributed by atoms with van der Waals surface area (Å²) in [6, 6.07) is 6.85. The number of urea groups is 1. The molecular formula is C14H20N2O4. The maximum Gasteiger partial charge on any atom is 0.321 e. The minimum absolute atomic E-state index is 0.222. The molecule has 0 aromatic heterocycles. The number of esters is 1. The Morgan fingerprint density at radius 1 is 1.20 bits per heavy atom. The molecule has 20 heavy (non-hydrogen) atoms. The van der Waals surface area contributed by atoms with Gasteiger partial charge in [0, 0.05) is 25.7 Å². The van der Waals surface area contributed by atoms with Crippen LogP contribution in [0.2, 0.25) is 0 Å². The van der Waals surface area contributed by atoms with Gasteiger partial charge in [0.25, 0.3) is 0 Å². The predicted molar refractivity (Wildman–Crippen MR) is 75.9 cm³/mol. The summed E-state index contributed by atoms with van der Waals surface area (Å²) >= 11 is 0. The zero-order valence-electron chi connectivity index (χ0n) is 12.0. The average molecular weight is 280 g/mol. The van der Waals surface area contributed by atoms with Gasteiger partial charge in [0.1, 0.15) is 5.75 Å². The summed E-state index contributed by atoms with van der Waals surface area (Å²) in [5.41, 5.74) is 0.690. The molecule has 0 spiro atoms. The second kappa shape index (κ2) is 8.04. The smallest absolute Gasteiger partial charge is 0.321 e. The highest BCUT2D eigenvalue weighted by atomic mass is 16.5. The number of methoxy groups -OCH3 is 2. The van der Waals surface area contributed by atoms with Crippen molar-refractivity contribution in [2.45, 2.75) is 12.8 Å². The van der Waals surface area contributed by atoms with E-state index in [2.05, 4.69) is 10.1 Å². The molecule has 1 N–H and O–H groups in total. The van der Waals surface area contributed by atoms with Gasteiger partial charge in [-0.15, -0.1) is 0 Å². The highest BCUT2D eigenvalue weighted by molar-refractivity contribution is 5.89. The molecule has 0 aliphatic heterocycles. The van der Waals surface area contributed by atoms with Crippen molar-refractivity contribution in [1.82, 2.24) is 4.90 Å². The van der Waals surface area contributed by atoms with Gasteiger partial charge in [-0.05, 0) is 30.7 Å². The average Bonchev–Trinajstić information content (AvgIpc) is 2.47. The molecule has 0 atom stereocenters. The molecule has 1 aromatic rings. The molecule has 6 heteroatoms. The summed E-state index contributed by atoms with van der Waals surface area (Å²) in [5.74, 6) is 0.461. The number of carbonyl (C=O) groups excluding carboxylic acids is 2. The van der Waals surface area contributed by atoms with Gasteiger partial charge in [-0.2, -0.15) is 0 Å². The third-order valence-corrected chi connectivity index (χ3v) is 2.79. The Kier molecular flexibility index (Phi) is 6.36. The number of nitrogens with one attached hydrogen (secondary N) is 1. The van der Waals surface area contributed by atoms with Gasteiger partial charge in [-0.25, -0.2) is 4.79 Å². The molecule has 0 saturated carbocycles. The van der Waals surface area contributed by atoms with Crippen LogP contribution >= 0.6 is 0 Å². The number of carbonyl (C=O) groups is 2. The number of benzene rings is 1. The standard InChI is InChI=1S/C14H20N2O4/c1-16(10-4-5-13(17)20-3)14(18)15-11-6-8-12(19-2)9-7-11/h6-9H,4-5,10H2,1-3H3,(H,15,18). The second-order valence-corrected chi connectivity index (χ2v) is 4.26. The first-order valence-corrected chi connectivity index (χ1v) is 6.29. The monoisotopic (exact) mass is 280 g/mol. The van der Waals surface area contributed by atoms with Gasteiger partial charge in [-0.3, -0.25) is 4.79 Å². The summed E-state index contributed by atoms with van der Waals surface area (Å²) < 4.78 is 9.58. The molecule has 0 aliphatic rings. The van der Waals surface area contributed by atoms with E-state index in [0.717, 1.165) is 5.75 Å². The lowest BCUT2D eigenvalue weighted by molar-refractivity contribution is -0.140. The van der Waals surface area contributed by atoms with Crippen LogP contribution in [0.15, 0.2) is 24.3 Å². The molecule has 110 valence electrons. The zero-order valence-corrected chi connectivity index (χ0v) is 12.0. The first-order chi connectivity index (χ1) is 9.56. The number of amides is 2. The highest BCUT2D eigenvalue weighted by Crippen LogP contribution is 2.15. The summed E-state index contributed by atoms with van der Waals surface area (Å²) in [6.45, 7) is 0.483. The van der Waals surface area contributed by atoms with E-state index in [9.17, 15) is 9.59 Å². The van der Waals surface area contributed by atoms with Crippen molar-refractivity contribution in [2.24, 2.45) is 0 Å². The van der Waals surface area contributed by atoms with Crippen molar-refractivity contribution < 1.29 is 19.1 Å². The Morgan fingerprint density at radius 3 is 2.40 bits per heavy atom. The maximum atomic E-state index is 11.9. The summed E-state index contributed by atoms with van der Waals surface area (Å²) in [4.78, 5) is 24.4. The van der Waals surface area contributed by atoms with E-state index >= 15 is 0 Å². The van der Waals surface area contributed by atoms with Gasteiger partial charge in [-0.1, -0.05) is 0 Å². The van der Waals surface area contributed by atoms with Crippen LogP contribution in [0.3, 0.4) is 0 Å². The molecule has 0 aliphatic carbocycles. The van der Waals surface area contributed by atoms with E-state index in [1.165, 1.54) is 12.0 Å². The summed E-state index contributed by atoms with van der Waals surface area (Å²) in [7, 11) is 4.61. The van der Waals surface area contributed by atoms with Crippen LogP contribution in [-0.2, 0) is 9.53 Å². The zero-order chi connectivity index (χ0) is 15.0. The molecule has 0 radical (unpaired) electrons. The lowest BCUT2D eigenvalue weighted by Gasteiger charge is -2.17. The van der Waals surface area contributed by atoms with E-state index < -0.39 is 0 Å². The van der Waals surface area contributed by atoms with Gasteiger partial charge >= 0.3 is 12.0 Å². The molecule has 0 saturated heterocycles. The van der Waals surface area contributed by atoms with Crippen molar-refractivity contribution in [3.63, 3.8) is 0 Å². The van der Waals surface area contributed by atoms with Gasteiger partial charge in [0.15, 0.2) is 0 Å². The largest absolute Gasteiger partial charge is 0.497 e. The van der Waals surface area contributed by atoms with Crippen molar-refractivity contribution in [3.05, 3.63) is 24.3 Å². The van der Waals surface area contributed by atoms with E-state index in [4.69, 9.17) is 4.74 Å². The molecule has 0 heterocycles. The fourth-order valence-corrected chi connectivity index (χ4v) is 1.56. The van der Waals surface area contributed by atoms with E-state index in [-0.39, 0.29) is 12.0 Å². The molecule has 2 amide bonds. The van der Waals surface area contributed by atoms with Gasteiger partial charge < -0.3 is 19.7 Å². The van der Waals surface area contributed by atoms with Crippen molar-refractivity contribution in [1.29, 1.82) is 0 Å². The Bertz CT molecular complexity index is 445. The molecule has 1 aromatic carbocycles. The fourth-order valence-electron chi connectivity index (χ4n) is 1.56. The number of rotatable bonds is 6. The van der Waals surface area contributed by atoms with Crippen molar-refractivity contribution in [2.75, 3.05) is 33.1 Å². The van der Waals surface area contributed by atoms with Crippen LogP contribution in [0.5, 0.6) is 5.75 Å². The van der Waals surface area contributed by atoms with Crippen LogP contribution in [0.25, 0.3) is 0 Å². The lowest BCUT2D eigenvalue weighted by atomic mass is 10.3. The Balaban J connectivity index is 2.38. The number of hydrogen-bond donors (Lipinski definition) is 1. The van der Waals surface area contributed by atoms with Gasteiger partial charge in [0.05, 0.1) is 14.2 Å². The molecule has 0 bridgehead atoms. The van der Waals surface area contributed by atoms with Crippen LogP contribution in [0.1, 0.15) is 12.8 Å². The summed E-state index contributed by atoms with van der Waals surface area (Å²) in [5, 5.41) is 2.76. The van der Waals surface area contributed by atoms with E-state index in [1.54, 1.807) is 38.4 Å². The highest BCUT2D eigenvalue weighted by Gasteiger charge is 2.09. The van der Waals surface area contributed by atoms with Crippen LogP contribution < -0.4 is 10.1 Å². The third-order valence-electron chi connectivity index (χ3n) is 2.79. The number of nitrogens with zero attached hydrogens (tertiary/aromatic N) is 1. The molecule has 0 unspecified atom stereocenters. The van der Waals surface area contributed by atoms with Crippen LogP contribution in [0.4, 0.5) is 10.5 Å². The number of anilines is 1. The first kappa shape index (κ1) is 15.8. The lowest BCUT2D eigenvalue weighted by Crippen LogP contribution is -2.32. The minimum atomic E-state index is -0.269. The predicted octanol–water partition coefficient (Wildman–Crippen LogP) is 2.11. The molecule has 0 fully saturated rings. The quantitative estimate of drug-likeness (QED) is 0.810. The molecule has 6 nitrogen and oxygen atoms in total. The normalized spacial score (nSPS) is 9.75. The molecular weight excluding hydrogens is 260 g/mol. The van der Waals surface area contributed by atoms with Crippen LogP contribution in [-0.4, -0.2) is 44.7 Å². The Labute approximate surface area is 118 Å². The SMILES string of the molecule is COC(=O)CCCN(C)C(=O)Nc1ccc(OC)cc1. The molecule has 1 rings (SSSR count). The van der Waals surface area contributed by atoms with E-state index in [0.29, 0.717) is 25.1 Å². The van der Waals surface area contributed by atoms with Crippen molar-refractivity contribution in [3.8, 4) is 5.75 Å². The fraction of sp³-hybridized carbons (Fsp3) is 0.429. The minimum Gasteiger partial charge on any atom is -0.497 e. The summed E-state index contributed by atoms with van der Waals surface area (Å²) in [6.07, 6.45) is 0.871. The maximum absolute atomic E-state index is 11.9. The van der Waals surface area contributed by atoms with E-state index in [1.807, 2.05) is 0 Å². The Hall–Kier alpha value is -2.24. The van der Waals surface area contributed by atoms with Crippen molar-refractivity contribution >= 4 is 17.7 Å². The topological polar surface area (TPSA) is 67.9 Å². The first-order valence-electron chi connectivity index (χ1n) is 6.29. The Morgan fingerprint density at radius 2 is 1.85 bits per heavy atom. The van der Waals surface area contributed by atoms with Gasteiger partial charge in [0.2, 0.25) is 0 Å². The number of hydrogen-bond acceptors (Lipinski definition) is 4.